The molecule has 0 aliphatic rings. The minimum Gasteiger partial charge on any atom is -0.346 e. The molecule has 1 amide bonds. The number of carbonyl (C=O) groups is 1. The van der Waals surface area contributed by atoms with Gasteiger partial charge in [-0.2, -0.15) is 0 Å². The van der Waals surface area contributed by atoms with E-state index in [0.29, 0.717) is 5.69 Å². The fourth-order valence-corrected chi connectivity index (χ4v) is 3.44. The Hall–Kier alpha value is -4.26. The smallest absolute Gasteiger partial charge is 0.247 e. The van der Waals surface area contributed by atoms with Gasteiger partial charge in [0.25, 0.3) is 0 Å². The van der Waals surface area contributed by atoms with Crippen LogP contribution in [0.5, 0.6) is 0 Å². The number of rotatable bonds is 4. The number of H-pyrrole nitrogens is 2. The number of aromatic nitrogens is 5. The van der Waals surface area contributed by atoms with E-state index in [4.69, 9.17) is 0 Å². The van der Waals surface area contributed by atoms with Gasteiger partial charge in [0, 0.05) is 58.4 Å². The molecule has 0 atom stereocenters. The van der Waals surface area contributed by atoms with Gasteiger partial charge in [-0.05, 0) is 35.9 Å². The molecule has 0 fully saturated rings. The Balaban J connectivity index is 1.62. The number of fused-ring (bicyclic) bond motifs is 2. The van der Waals surface area contributed by atoms with Crippen molar-refractivity contribution >= 4 is 33.7 Å². The first kappa shape index (κ1) is 16.9. The van der Waals surface area contributed by atoms with Crippen molar-refractivity contribution in [3.05, 3.63) is 74.1 Å². The Kier molecular flexibility index (Phi) is 3.91. The van der Waals surface area contributed by atoms with Crippen LogP contribution in [0.25, 0.3) is 44.3 Å². The van der Waals surface area contributed by atoms with E-state index in [1.807, 2.05) is 30.6 Å². The van der Waals surface area contributed by atoms with Crippen LogP contribution >= 0.6 is 0 Å². The van der Waals surface area contributed by atoms with Gasteiger partial charge >= 0.3 is 0 Å². The highest BCUT2D eigenvalue weighted by molar-refractivity contribution is 6.03. The zero-order chi connectivity index (χ0) is 19.8. The monoisotopic (exact) mass is 380 g/mol. The quantitative estimate of drug-likeness (QED) is 0.405. The highest BCUT2D eigenvalue weighted by atomic mass is 16.1. The molecule has 5 aromatic heterocycles. The largest absolute Gasteiger partial charge is 0.346 e. The summed E-state index contributed by atoms with van der Waals surface area (Å²) in [6.07, 6.45) is 12.0. The first-order valence-corrected chi connectivity index (χ1v) is 9.01. The van der Waals surface area contributed by atoms with Gasteiger partial charge in [-0.15, -0.1) is 0 Å². The molecule has 5 rings (SSSR count). The average molecular weight is 380 g/mol. The maximum absolute atomic E-state index is 11.6. The molecule has 0 unspecified atom stereocenters. The maximum Gasteiger partial charge on any atom is 0.247 e. The summed E-state index contributed by atoms with van der Waals surface area (Å²) in [5.74, 6) is -0.279. The Labute approximate surface area is 165 Å². The molecule has 0 aliphatic heterocycles. The van der Waals surface area contributed by atoms with Gasteiger partial charge in [-0.3, -0.25) is 9.78 Å². The van der Waals surface area contributed by atoms with Crippen molar-refractivity contribution in [3.8, 4) is 22.3 Å². The van der Waals surface area contributed by atoms with Gasteiger partial charge in [0.1, 0.15) is 11.3 Å². The summed E-state index contributed by atoms with van der Waals surface area (Å²) in [5.41, 5.74) is 6.13. The Morgan fingerprint density at radius 3 is 2.72 bits per heavy atom. The van der Waals surface area contributed by atoms with E-state index in [2.05, 4.69) is 42.9 Å². The fraction of sp³-hybridized carbons (Fsp3) is 0. The van der Waals surface area contributed by atoms with Crippen molar-refractivity contribution in [2.24, 2.45) is 0 Å². The standard InChI is InChI=1S/C22H16N6O/c1-2-20(29)28-15-7-13(9-23-11-15)14-8-18-19(12-27-22(18)26-10-14)16-3-5-24-21-17(16)4-6-25-21/h2-12H,1H2,(H,24,25)(H,26,27)(H,28,29). The lowest BCUT2D eigenvalue weighted by molar-refractivity contribution is -0.111. The minimum absolute atomic E-state index is 0.279. The number of nitrogens with zero attached hydrogens (tertiary/aromatic N) is 3. The molecular weight excluding hydrogens is 364 g/mol. The summed E-state index contributed by atoms with van der Waals surface area (Å²) >= 11 is 0. The highest BCUT2D eigenvalue weighted by Crippen LogP contribution is 2.34. The summed E-state index contributed by atoms with van der Waals surface area (Å²) in [6.45, 7) is 3.47. The summed E-state index contributed by atoms with van der Waals surface area (Å²) < 4.78 is 0. The van der Waals surface area contributed by atoms with E-state index < -0.39 is 0 Å². The molecule has 0 saturated carbocycles. The third-order valence-electron chi connectivity index (χ3n) is 4.81. The predicted octanol–water partition coefficient (Wildman–Crippen LogP) is 4.29. The summed E-state index contributed by atoms with van der Waals surface area (Å²) in [5, 5.41) is 4.78. The molecule has 7 heteroatoms. The molecule has 3 N–H and O–H groups in total. The zero-order valence-corrected chi connectivity index (χ0v) is 15.3. The first-order chi connectivity index (χ1) is 14.2. The maximum atomic E-state index is 11.6. The number of carbonyl (C=O) groups excluding carboxylic acids is 1. The average Bonchev–Trinajstić information content (AvgIpc) is 3.40. The number of hydrogen-bond acceptors (Lipinski definition) is 4. The van der Waals surface area contributed by atoms with Crippen LogP contribution in [0, 0.1) is 0 Å². The van der Waals surface area contributed by atoms with Crippen molar-refractivity contribution in [2.75, 3.05) is 5.32 Å². The van der Waals surface area contributed by atoms with E-state index in [9.17, 15) is 4.79 Å². The summed E-state index contributed by atoms with van der Waals surface area (Å²) in [4.78, 5) is 31.1. The van der Waals surface area contributed by atoms with Gasteiger partial charge in [0.2, 0.25) is 5.91 Å². The number of hydrogen-bond donors (Lipinski definition) is 3. The number of pyridine rings is 3. The molecule has 0 radical (unpaired) electrons. The number of amides is 1. The Bertz CT molecular complexity index is 1380. The second kappa shape index (κ2) is 6.72. The van der Waals surface area contributed by atoms with E-state index in [-0.39, 0.29) is 5.91 Å². The van der Waals surface area contributed by atoms with Crippen LogP contribution in [-0.2, 0) is 4.79 Å². The van der Waals surface area contributed by atoms with Crippen LogP contribution in [0.1, 0.15) is 0 Å². The fourth-order valence-electron chi connectivity index (χ4n) is 3.44. The molecule has 7 nitrogen and oxygen atoms in total. The van der Waals surface area contributed by atoms with Crippen LogP contribution in [-0.4, -0.2) is 30.8 Å². The van der Waals surface area contributed by atoms with Crippen LogP contribution < -0.4 is 5.32 Å². The number of nitrogens with one attached hydrogen (secondary N) is 3. The van der Waals surface area contributed by atoms with Crippen molar-refractivity contribution in [2.45, 2.75) is 0 Å². The molecule has 0 aliphatic carbocycles. The summed E-state index contributed by atoms with van der Waals surface area (Å²) in [6, 6.07) is 7.95. The van der Waals surface area contributed by atoms with Crippen LogP contribution in [0.4, 0.5) is 5.69 Å². The molecule has 5 heterocycles. The molecule has 29 heavy (non-hydrogen) atoms. The molecular formula is C22H16N6O. The number of aromatic amines is 2. The Morgan fingerprint density at radius 1 is 0.966 bits per heavy atom. The predicted molar refractivity (Wildman–Crippen MR) is 113 cm³/mol. The van der Waals surface area contributed by atoms with Gasteiger partial charge in [-0.1, -0.05) is 6.58 Å². The van der Waals surface area contributed by atoms with E-state index in [1.54, 1.807) is 24.8 Å². The van der Waals surface area contributed by atoms with Crippen LogP contribution in [0.15, 0.2) is 74.1 Å². The van der Waals surface area contributed by atoms with E-state index >= 15 is 0 Å². The second-order valence-electron chi connectivity index (χ2n) is 6.58. The zero-order valence-electron chi connectivity index (χ0n) is 15.3. The van der Waals surface area contributed by atoms with E-state index in [1.165, 1.54) is 6.08 Å². The molecule has 0 bridgehead atoms. The highest BCUT2D eigenvalue weighted by Gasteiger charge is 2.13. The lowest BCUT2D eigenvalue weighted by Gasteiger charge is -2.06. The molecule has 0 spiro atoms. The van der Waals surface area contributed by atoms with Crippen LogP contribution in [0.2, 0.25) is 0 Å². The minimum atomic E-state index is -0.279. The molecule has 0 aromatic carbocycles. The van der Waals surface area contributed by atoms with Crippen molar-refractivity contribution in [1.29, 1.82) is 0 Å². The normalized spacial score (nSPS) is 11.0. The molecule has 5 aromatic rings. The van der Waals surface area contributed by atoms with E-state index in [0.717, 1.165) is 44.3 Å². The lowest BCUT2D eigenvalue weighted by Crippen LogP contribution is -2.07. The van der Waals surface area contributed by atoms with Crippen molar-refractivity contribution in [3.63, 3.8) is 0 Å². The summed E-state index contributed by atoms with van der Waals surface area (Å²) in [7, 11) is 0. The van der Waals surface area contributed by atoms with Crippen molar-refractivity contribution < 1.29 is 4.79 Å². The third-order valence-corrected chi connectivity index (χ3v) is 4.81. The van der Waals surface area contributed by atoms with Gasteiger partial charge < -0.3 is 15.3 Å². The number of anilines is 1. The molecule has 140 valence electrons. The SMILES string of the molecule is C=CC(=O)Nc1cncc(-c2cnc3[nH]cc(-c4ccnc5[nH]ccc45)c3c2)c1. The van der Waals surface area contributed by atoms with Gasteiger partial charge in [0.05, 0.1) is 11.9 Å². The van der Waals surface area contributed by atoms with Crippen molar-refractivity contribution in [1.82, 2.24) is 24.9 Å². The molecule has 0 saturated heterocycles. The first-order valence-electron chi connectivity index (χ1n) is 9.01. The topological polar surface area (TPSA) is 99.3 Å². The second-order valence-corrected chi connectivity index (χ2v) is 6.58. The van der Waals surface area contributed by atoms with Gasteiger partial charge in [0.15, 0.2) is 0 Å². The van der Waals surface area contributed by atoms with Gasteiger partial charge in [-0.25, -0.2) is 9.97 Å². The third kappa shape index (κ3) is 2.94. The lowest BCUT2D eigenvalue weighted by atomic mass is 10.0. The van der Waals surface area contributed by atoms with Crippen LogP contribution in [0.3, 0.4) is 0 Å². The Morgan fingerprint density at radius 2 is 1.83 bits per heavy atom.